The zero-order chi connectivity index (χ0) is 19.8. The highest BCUT2D eigenvalue weighted by Crippen LogP contribution is 2.19. The molecule has 3 rings (SSSR count). The van der Waals surface area contributed by atoms with Crippen molar-refractivity contribution in [1.29, 1.82) is 0 Å². The second-order valence-electron chi connectivity index (χ2n) is 7.49. The lowest BCUT2D eigenvalue weighted by atomic mass is 10.2. The molecule has 0 saturated carbocycles. The van der Waals surface area contributed by atoms with E-state index in [1.54, 1.807) is 6.20 Å². The standard InChI is InChI=1S/C23H33N5/c1-4-6-14-26(15-7-5-2)16-12-22-18-25-23(27-17-13-24-19-27)28(22)21-10-8-20(3)9-11-21/h8-11,13,17-19H,4-7,12,14-16H2,1-3H3. The Bertz CT molecular complexity index is 809. The second-order valence-corrected chi connectivity index (χ2v) is 7.49. The van der Waals surface area contributed by atoms with Gasteiger partial charge in [-0.1, -0.05) is 44.4 Å². The van der Waals surface area contributed by atoms with Crippen LogP contribution in [0.4, 0.5) is 0 Å². The molecule has 0 bridgehead atoms. The molecule has 0 atom stereocenters. The third-order valence-electron chi connectivity index (χ3n) is 5.18. The molecule has 0 aliphatic carbocycles. The Morgan fingerprint density at radius 3 is 2.29 bits per heavy atom. The molecule has 3 aromatic rings. The molecule has 0 saturated heterocycles. The predicted octanol–water partition coefficient (Wildman–Crippen LogP) is 4.81. The molecule has 0 amide bonds. The van der Waals surface area contributed by atoms with Crippen molar-refractivity contribution in [3.05, 3.63) is 60.4 Å². The molecule has 0 spiro atoms. The molecule has 0 radical (unpaired) electrons. The highest BCUT2D eigenvalue weighted by atomic mass is 15.3. The molecule has 0 fully saturated rings. The minimum atomic E-state index is 0.894. The zero-order valence-electron chi connectivity index (χ0n) is 17.5. The molecule has 1 aromatic carbocycles. The fourth-order valence-electron chi connectivity index (χ4n) is 3.46. The number of benzene rings is 1. The van der Waals surface area contributed by atoms with Crippen LogP contribution in [-0.2, 0) is 6.42 Å². The normalized spacial score (nSPS) is 11.4. The topological polar surface area (TPSA) is 38.9 Å². The number of unbranched alkanes of at least 4 members (excludes halogenated alkanes) is 2. The van der Waals surface area contributed by atoms with Gasteiger partial charge in [0.25, 0.3) is 0 Å². The summed E-state index contributed by atoms with van der Waals surface area (Å²) in [4.78, 5) is 11.5. The van der Waals surface area contributed by atoms with E-state index in [1.165, 1.54) is 50.0 Å². The van der Waals surface area contributed by atoms with Crippen LogP contribution >= 0.6 is 0 Å². The van der Waals surface area contributed by atoms with Crippen LogP contribution < -0.4 is 0 Å². The van der Waals surface area contributed by atoms with E-state index in [0.717, 1.165) is 24.6 Å². The van der Waals surface area contributed by atoms with Crippen LogP contribution in [0.25, 0.3) is 11.6 Å². The fraction of sp³-hybridized carbons (Fsp3) is 0.478. The van der Waals surface area contributed by atoms with Gasteiger partial charge in [0.2, 0.25) is 5.95 Å². The quantitative estimate of drug-likeness (QED) is 0.480. The van der Waals surface area contributed by atoms with Crippen LogP contribution in [0.1, 0.15) is 50.8 Å². The van der Waals surface area contributed by atoms with Gasteiger partial charge in [-0.15, -0.1) is 0 Å². The van der Waals surface area contributed by atoms with Gasteiger partial charge in [0, 0.05) is 36.7 Å². The van der Waals surface area contributed by atoms with Crippen molar-refractivity contribution in [3.63, 3.8) is 0 Å². The SMILES string of the molecule is CCCCN(CCCC)CCc1cnc(-n2ccnc2)n1-c1ccc(C)cc1. The average Bonchev–Trinajstić information content (AvgIpc) is 3.37. The summed E-state index contributed by atoms with van der Waals surface area (Å²) >= 11 is 0. The van der Waals surface area contributed by atoms with Crippen LogP contribution in [0.3, 0.4) is 0 Å². The first-order valence-corrected chi connectivity index (χ1v) is 10.6. The van der Waals surface area contributed by atoms with Gasteiger partial charge in [-0.3, -0.25) is 9.13 Å². The summed E-state index contributed by atoms with van der Waals surface area (Å²) in [5.74, 6) is 0.894. The highest BCUT2D eigenvalue weighted by Gasteiger charge is 2.14. The van der Waals surface area contributed by atoms with Crippen LogP contribution in [0.2, 0.25) is 0 Å². The second kappa shape index (κ2) is 10.2. The molecule has 28 heavy (non-hydrogen) atoms. The summed E-state index contributed by atoms with van der Waals surface area (Å²) in [6.07, 6.45) is 13.6. The van der Waals surface area contributed by atoms with Crippen molar-refractivity contribution in [2.24, 2.45) is 0 Å². The van der Waals surface area contributed by atoms with Gasteiger partial charge in [0.1, 0.15) is 6.33 Å². The van der Waals surface area contributed by atoms with E-state index in [9.17, 15) is 0 Å². The van der Waals surface area contributed by atoms with Crippen LogP contribution in [0, 0.1) is 6.92 Å². The Labute approximate surface area is 169 Å². The van der Waals surface area contributed by atoms with Gasteiger partial charge in [0.15, 0.2) is 0 Å². The molecular formula is C23H33N5. The molecule has 0 aliphatic heterocycles. The van der Waals surface area contributed by atoms with Crippen LogP contribution in [-0.4, -0.2) is 43.6 Å². The minimum Gasteiger partial charge on any atom is -0.303 e. The molecule has 2 heterocycles. The number of hydrogen-bond acceptors (Lipinski definition) is 3. The summed E-state index contributed by atoms with van der Waals surface area (Å²) in [5, 5.41) is 0. The maximum atomic E-state index is 4.73. The molecule has 150 valence electrons. The summed E-state index contributed by atoms with van der Waals surface area (Å²) in [7, 11) is 0. The van der Waals surface area contributed by atoms with E-state index >= 15 is 0 Å². The summed E-state index contributed by atoms with van der Waals surface area (Å²) in [6.45, 7) is 10.1. The van der Waals surface area contributed by atoms with Gasteiger partial charge in [-0.2, -0.15) is 0 Å². The molecule has 5 heteroatoms. The lowest BCUT2D eigenvalue weighted by molar-refractivity contribution is 0.267. The van der Waals surface area contributed by atoms with Crippen LogP contribution in [0.15, 0.2) is 49.2 Å². The first kappa shape index (κ1) is 20.3. The van der Waals surface area contributed by atoms with Crippen molar-refractivity contribution in [2.75, 3.05) is 19.6 Å². The first-order chi connectivity index (χ1) is 13.7. The lowest BCUT2D eigenvalue weighted by Gasteiger charge is -2.22. The van der Waals surface area contributed by atoms with E-state index < -0.39 is 0 Å². The minimum absolute atomic E-state index is 0.894. The van der Waals surface area contributed by atoms with Crippen molar-refractivity contribution < 1.29 is 0 Å². The molecule has 0 N–H and O–H groups in total. The molecule has 5 nitrogen and oxygen atoms in total. The average molecular weight is 380 g/mol. The van der Waals surface area contributed by atoms with Crippen molar-refractivity contribution in [3.8, 4) is 11.6 Å². The van der Waals surface area contributed by atoms with Gasteiger partial charge in [0.05, 0.1) is 6.20 Å². The number of hydrogen-bond donors (Lipinski definition) is 0. The molecule has 0 aliphatic rings. The largest absolute Gasteiger partial charge is 0.303 e. The fourth-order valence-corrected chi connectivity index (χ4v) is 3.46. The summed E-state index contributed by atoms with van der Waals surface area (Å²) in [6, 6.07) is 8.66. The third-order valence-corrected chi connectivity index (χ3v) is 5.18. The Hall–Kier alpha value is -2.40. The summed E-state index contributed by atoms with van der Waals surface area (Å²) in [5.41, 5.74) is 3.65. The van der Waals surface area contributed by atoms with Gasteiger partial charge >= 0.3 is 0 Å². The maximum absolute atomic E-state index is 4.73. The van der Waals surface area contributed by atoms with Crippen LogP contribution in [0.5, 0.6) is 0 Å². The Kier molecular flexibility index (Phi) is 7.43. The third kappa shape index (κ3) is 5.10. The van der Waals surface area contributed by atoms with Crippen molar-refractivity contribution in [1.82, 2.24) is 24.0 Å². The summed E-state index contributed by atoms with van der Waals surface area (Å²) < 4.78 is 4.24. The molecular weight excluding hydrogens is 346 g/mol. The van der Waals surface area contributed by atoms with E-state index in [2.05, 4.69) is 59.5 Å². The number of aryl methyl sites for hydroxylation is 1. The molecule has 2 aromatic heterocycles. The smallest absolute Gasteiger partial charge is 0.219 e. The Morgan fingerprint density at radius 1 is 0.964 bits per heavy atom. The van der Waals surface area contributed by atoms with E-state index in [0.29, 0.717) is 0 Å². The lowest BCUT2D eigenvalue weighted by Crippen LogP contribution is -2.28. The van der Waals surface area contributed by atoms with Crippen molar-refractivity contribution >= 4 is 0 Å². The Morgan fingerprint density at radius 2 is 1.68 bits per heavy atom. The monoisotopic (exact) mass is 379 g/mol. The molecule has 0 unspecified atom stereocenters. The Balaban J connectivity index is 1.85. The number of aromatic nitrogens is 4. The van der Waals surface area contributed by atoms with Crippen molar-refractivity contribution in [2.45, 2.75) is 52.9 Å². The van der Waals surface area contributed by atoms with E-state index in [-0.39, 0.29) is 0 Å². The predicted molar refractivity (Wildman–Crippen MR) is 115 cm³/mol. The van der Waals surface area contributed by atoms with Gasteiger partial charge < -0.3 is 4.90 Å². The maximum Gasteiger partial charge on any atom is 0.219 e. The van der Waals surface area contributed by atoms with E-state index in [1.807, 2.05) is 23.3 Å². The number of rotatable bonds is 11. The number of imidazole rings is 2. The zero-order valence-corrected chi connectivity index (χ0v) is 17.5. The highest BCUT2D eigenvalue weighted by molar-refractivity contribution is 5.41. The van der Waals surface area contributed by atoms with Gasteiger partial charge in [-0.05, 0) is 45.0 Å². The van der Waals surface area contributed by atoms with E-state index in [4.69, 9.17) is 4.98 Å². The first-order valence-electron chi connectivity index (χ1n) is 10.6. The number of nitrogens with zero attached hydrogens (tertiary/aromatic N) is 5. The van der Waals surface area contributed by atoms with Gasteiger partial charge in [-0.25, -0.2) is 9.97 Å².